The minimum atomic E-state index is -0.242. The average Bonchev–Trinajstić information content (AvgIpc) is 3.01. The third-order valence-electron chi connectivity index (χ3n) is 7.07. The zero-order chi connectivity index (χ0) is 21.0. The Balaban J connectivity index is 1.81. The minimum absolute atomic E-state index is 0.207. The Bertz CT molecular complexity index is 801. The summed E-state index contributed by atoms with van der Waals surface area (Å²) in [5.41, 5.74) is 4.92. The second-order valence-corrected chi connectivity index (χ2v) is 9.57. The van der Waals surface area contributed by atoms with Crippen molar-refractivity contribution in [2.24, 2.45) is 17.3 Å². The van der Waals surface area contributed by atoms with Gasteiger partial charge in [-0.15, -0.1) is 0 Å². The van der Waals surface area contributed by atoms with Crippen molar-refractivity contribution in [1.82, 2.24) is 0 Å². The lowest BCUT2D eigenvalue weighted by molar-refractivity contribution is 0.0394. The molecule has 0 aromatic heterocycles. The Kier molecular flexibility index (Phi) is 6.82. The number of ether oxygens (including phenoxy) is 1. The van der Waals surface area contributed by atoms with E-state index >= 15 is 0 Å². The van der Waals surface area contributed by atoms with Crippen LogP contribution in [0.3, 0.4) is 0 Å². The summed E-state index contributed by atoms with van der Waals surface area (Å²) < 4.78 is 5.90. The van der Waals surface area contributed by atoms with E-state index < -0.39 is 0 Å². The van der Waals surface area contributed by atoms with Crippen LogP contribution in [0.25, 0.3) is 0 Å². The molecule has 0 heterocycles. The van der Waals surface area contributed by atoms with E-state index in [1.54, 1.807) is 0 Å². The summed E-state index contributed by atoms with van der Waals surface area (Å²) in [5.74, 6) is 1.07. The molecule has 0 spiro atoms. The van der Waals surface area contributed by atoms with Crippen LogP contribution in [0.2, 0.25) is 0 Å². The van der Waals surface area contributed by atoms with Gasteiger partial charge in [-0.05, 0) is 88.3 Å². The molecule has 1 saturated carbocycles. The van der Waals surface area contributed by atoms with E-state index in [0.29, 0.717) is 22.8 Å². The molecule has 156 valence electrons. The summed E-state index contributed by atoms with van der Waals surface area (Å²) in [7, 11) is 0. The van der Waals surface area contributed by atoms with Crippen molar-refractivity contribution in [1.29, 1.82) is 0 Å². The van der Waals surface area contributed by atoms with Crippen molar-refractivity contribution in [2.45, 2.75) is 72.3 Å². The lowest BCUT2D eigenvalue weighted by Crippen LogP contribution is -2.25. The van der Waals surface area contributed by atoms with Crippen LogP contribution in [-0.2, 0) is 4.74 Å². The zero-order valence-electron chi connectivity index (χ0n) is 18.5. The summed E-state index contributed by atoms with van der Waals surface area (Å²) in [6.45, 7) is 13.3. The molecule has 0 bridgehead atoms. The van der Waals surface area contributed by atoms with Crippen LogP contribution in [-0.4, -0.2) is 12.1 Å². The van der Waals surface area contributed by atoms with Gasteiger partial charge in [-0.25, -0.2) is 4.79 Å². The molecule has 29 heavy (non-hydrogen) atoms. The fraction of sp³-hybridized carbons (Fsp3) is 0.519. The second-order valence-electron chi connectivity index (χ2n) is 9.57. The fourth-order valence-electron chi connectivity index (χ4n) is 5.26. The van der Waals surface area contributed by atoms with Crippen LogP contribution < -0.4 is 0 Å². The van der Waals surface area contributed by atoms with Crippen LogP contribution in [0.15, 0.2) is 65.8 Å². The van der Waals surface area contributed by atoms with E-state index in [-0.39, 0.29) is 12.1 Å². The number of carbonyl (C=O) groups excluding carboxylic acids is 1. The second kappa shape index (κ2) is 9.15. The van der Waals surface area contributed by atoms with Crippen molar-refractivity contribution in [3.8, 4) is 0 Å². The molecule has 1 unspecified atom stereocenters. The highest BCUT2D eigenvalue weighted by Crippen LogP contribution is 2.54. The molecule has 2 nitrogen and oxygen atoms in total. The molecule has 3 rings (SSSR count). The van der Waals surface area contributed by atoms with Crippen LogP contribution >= 0.6 is 0 Å². The van der Waals surface area contributed by atoms with Crippen molar-refractivity contribution >= 4 is 5.97 Å². The molecule has 1 aromatic carbocycles. The normalized spacial score (nSPS) is 34.0. The third-order valence-corrected chi connectivity index (χ3v) is 7.07. The molecule has 1 aromatic rings. The number of benzene rings is 1. The van der Waals surface area contributed by atoms with Crippen molar-refractivity contribution < 1.29 is 9.53 Å². The standard InChI is InChI=1S/C27H36O2/c1-19(2)24-14-16-27(5)15-13-21(4)18-23(17-20(3)11-12-25(24)27)29-26(28)22-9-7-6-8-10-22/h6-10,13,17,23-25H,1,11-12,14-16,18H2,2-5H3/b20-17+,21-13+/t23?,24-,25-,27-/m0/s1. The summed E-state index contributed by atoms with van der Waals surface area (Å²) in [6, 6.07) is 9.28. The van der Waals surface area contributed by atoms with E-state index in [4.69, 9.17) is 4.74 Å². The van der Waals surface area contributed by atoms with Gasteiger partial charge in [0.15, 0.2) is 0 Å². The fourth-order valence-corrected chi connectivity index (χ4v) is 5.26. The summed E-state index contributed by atoms with van der Waals surface area (Å²) in [4.78, 5) is 12.6. The third kappa shape index (κ3) is 5.29. The van der Waals surface area contributed by atoms with Crippen LogP contribution in [0, 0.1) is 17.3 Å². The van der Waals surface area contributed by atoms with Gasteiger partial charge in [0.2, 0.25) is 0 Å². The SMILES string of the molecule is C=C(C)[C@@H]1CC[C@]2(C)C/C=C(\C)CC(OC(=O)c3ccccc3)/C=C(\C)CC[C@@H]12. The maximum atomic E-state index is 12.6. The highest BCUT2D eigenvalue weighted by Gasteiger charge is 2.44. The van der Waals surface area contributed by atoms with Gasteiger partial charge in [0.05, 0.1) is 5.56 Å². The topological polar surface area (TPSA) is 26.3 Å². The quantitative estimate of drug-likeness (QED) is 0.399. The van der Waals surface area contributed by atoms with Crippen molar-refractivity contribution in [3.63, 3.8) is 0 Å². The highest BCUT2D eigenvalue weighted by molar-refractivity contribution is 5.89. The summed E-state index contributed by atoms with van der Waals surface area (Å²) >= 11 is 0. The Hall–Kier alpha value is -2.09. The lowest BCUT2D eigenvalue weighted by atomic mass is 9.70. The Labute approximate surface area is 176 Å². The number of carbonyl (C=O) groups is 1. The number of rotatable bonds is 3. The van der Waals surface area contributed by atoms with Gasteiger partial charge in [0.25, 0.3) is 0 Å². The van der Waals surface area contributed by atoms with Gasteiger partial charge in [0, 0.05) is 6.42 Å². The molecule has 0 N–H and O–H groups in total. The molecule has 4 atom stereocenters. The van der Waals surface area contributed by atoms with E-state index in [1.807, 2.05) is 30.3 Å². The molecular weight excluding hydrogens is 356 g/mol. The predicted octanol–water partition coefficient (Wildman–Crippen LogP) is 7.29. The molecule has 2 aliphatic carbocycles. The Morgan fingerprint density at radius 2 is 1.86 bits per heavy atom. The largest absolute Gasteiger partial charge is 0.454 e. The molecule has 0 saturated heterocycles. The first kappa shape index (κ1) is 21.6. The van der Waals surface area contributed by atoms with E-state index in [0.717, 1.165) is 19.3 Å². The van der Waals surface area contributed by atoms with Crippen LogP contribution in [0.1, 0.15) is 76.6 Å². The Morgan fingerprint density at radius 3 is 2.55 bits per heavy atom. The van der Waals surface area contributed by atoms with E-state index in [1.165, 1.54) is 36.0 Å². The molecule has 2 aliphatic rings. The number of hydrogen-bond acceptors (Lipinski definition) is 2. The van der Waals surface area contributed by atoms with Crippen LogP contribution in [0.5, 0.6) is 0 Å². The predicted molar refractivity (Wildman–Crippen MR) is 121 cm³/mol. The van der Waals surface area contributed by atoms with E-state index in [2.05, 4.69) is 46.4 Å². The van der Waals surface area contributed by atoms with Gasteiger partial charge in [-0.2, -0.15) is 0 Å². The number of fused-ring (bicyclic) bond motifs is 1. The molecule has 2 heteroatoms. The summed E-state index contributed by atoms with van der Waals surface area (Å²) in [6.07, 6.45) is 11.0. The molecule has 0 amide bonds. The molecule has 0 radical (unpaired) electrons. The summed E-state index contributed by atoms with van der Waals surface area (Å²) in [5, 5.41) is 0. The maximum absolute atomic E-state index is 12.6. The van der Waals surface area contributed by atoms with Gasteiger partial charge in [-0.1, -0.05) is 54.5 Å². The smallest absolute Gasteiger partial charge is 0.338 e. The first-order chi connectivity index (χ1) is 13.8. The average molecular weight is 393 g/mol. The monoisotopic (exact) mass is 392 g/mol. The van der Waals surface area contributed by atoms with Crippen molar-refractivity contribution in [2.75, 3.05) is 0 Å². The maximum Gasteiger partial charge on any atom is 0.338 e. The first-order valence-corrected chi connectivity index (χ1v) is 11.0. The first-order valence-electron chi connectivity index (χ1n) is 11.0. The Morgan fingerprint density at radius 1 is 1.14 bits per heavy atom. The number of allylic oxidation sites excluding steroid dienone is 3. The molecule has 1 fully saturated rings. The van der Waals surface area contributed by atoms with Gasteiger partial charge in [0.1, 0.15) is 6.10 Å². The minimum Gasteiger partial charge on any atom is -0.454 e. The highest BCUT2D eigenvalue weighted by atomic mass is 16.5. The zero-order valence-corrected chi connectivity index (χ0v) is 18.5. The molecule has 0 aliphatic heterocycles. The lowest BCUT2D eigenvalue weighted by Gasteiger charge is -2.34. The van der Waals surface area contributed by atoms with Gasteiger partial charge >= 0.3 is 5.97 Å². The number of esters is 1. The van der Waals surface area contributed by atoms with Crippen LogP contribution in [0.4, 0.5) is 0 Å². The molecular formula is C27H36O2. The van der Waals surface area contributed by atoms with E-state index in [9.17, 15) is 4.79 Å². The number of hydrogen-bond donors (Lipinski definition) is 0. The van der Waals surface area contributed by atoms with Crippen molar-refractivity contribution in [3.05, 3.63) is 71.3 Å². The van der Waals surface area contributed by atoms with Gasteiger partial charge < -0.3 is 4.74 Å². The van der Waals surface area contributed by atoms with Gasteiger partial charge in [-0.3, -0.25) is 0 Å².